The minimum absolute atomic E-state index is 0. The average molecular weight is 690 g/mol. The second-order valence-electron chi connectivity index (χ2n) is 7.35. The Morgan fingerprint density at radius 3 is 2.14 bits per heavy atom. The molecule has 1 radical (unpaired) electrons. The molecule has 0 spiro atoms. The molecule has 37 heavy (non-hydrogen) atoms. The fraction of sp³-hybridized carbons (Fsp3) is 0.125. The number of nitrogens with zero attached hydrogens (tertiary/aromatic N) is 7. The molecule has 0 bridgehead atoms. The zero-order valence-corrected chi connectivity index (χ0v) is 21.3. The van der Waals surface area contributed by atoms with Crippen LogP contribution in [-0.2, 0) is 32.2 Å². The van der Waals surface area contributed by atoms with Gasteiger partial charge in [-0.1, -0.05) is 24.3 Å². The van der Waals surface area contributed by atoms with E-state index in [9.17, 15) is 22.0 Å². The third-order valence-electron chi connectivity index (χ3n) is 4.62. The third kappa shape index (κ3) is 6.69. The molecule has 0 aliphatic heterocycles. The predicted molar refractivity (Wildman–Crippen MR) is 119 cm³/mol. The summed E-state index contributed by atoms with van der Waals surface area (Å²) in [4.78, 5) is 7.05. The topological polar surface area (TPSA) is 83.5 Å². The van der Waals surface area contributed by atoms with Gasteiger partial charge in [-0.25, -0.2) is 0 Å². The van der Waals surface area contributed by atoms with Crippen LogP contribution >= 0.6 is 0 Å². The van der Waals surface area contributed by atoms with E-state index >= 15 is 0 Å². The van der Waals surface area contributed by atoms with Crippen molar-refractivity contribution < 1.29 is 42.1 Å². The first kappa shape index (κ1) is 27.8. The van der Waals surface area contributed by atoms with Gasteiger partial charge in [-0.15, -0.1) is 41.0 Å². The fourth-order valence-corrected chi connectivity index (χ4v) is 3.06. The molecular weight excluding hydrogens is 674 g/mol. The summed E-state index contributed by atoms with van der Waals surface area (Å²) in [6, 6.07) is 23.7. The van der Waals surface area contributed by atoms with Gasteiger partial charge in [0.1, 0.15) is 5.82 Å². The number of halogens is 5. The van der Waals surface area contributed by atoms with Crippen molar-refractivity contribution >= 4 is 0 Å². The number of hydrogen-bond acceptors (Lipinski definition) is 5. The summed E-state index contributed by atoms with van der Waals surface area (Å²) in [5.41, 5.74) is 1.47. The first-order valence-electron chi connectivity index (χ1n) is 10.4. The number of para-hydroxylation sites is 1. The van der Waals surface area contributed by atoms with Crippen molar-refractivity contribution in [2.45, 2.75) is 19.0 Å². The predicted octanol–water partition coefficient (Wildman–Crippen LogP) is 5.36. The number of pyridine rings is 1. The Labute approximate surface area is 221 Å². The second kappa shape index (κ2) is 11.5. The van der Waals surface area contributed by atoms with Gasteiger partial charge in [0.05, 0.1) is 11.5 Å². The quantitative estimate of drug-likeness (QED) is 0.187. The van der Waals surface area contributed by atoms with Crippen LogP contribution in [0.4, 0.5) is 22.0 Å². The van der Waals surface area contributed by atoms with Crippen LogP contribution in [-0.4, -0.2) is 29.8 Å². The molecule has 5 rings (SSSR count). The molecule has 2 aromatic carbocycles. The Morgan fingerprint density at radius 1 is 0.865 bits per heavy atom. The van der Waals surface area contributed by atoms with E-state index in [4.69, 9.17) is 0 Å². The summed E-state index contributed by atoms with van der Waals surface area (Å²) in [7, 11) is 0. The van der Waals surface area contributed by atoms with Gasteiger partial charge >= 0.3 is 12.1 Å². The largest absolute Gasteiger partial charge is 0.429 e. The maximum atomic E-state index is 13.8. The minimum Gasteiger partial charge on any atom is -0.413 e. The zero-order chi connectivity index (χ0) is 25.8. The minimum atomic E-state index is -4.57. The number of aromatic nitrogens is 7. The smallest absolute Gasteiger partial charge is 0.413 e. The van der Waals surface area contributed by atoms with E-state index in [1.54, 1.807) is 54.6 Å². The number of rotatable bonds is 4. The number of benzene rings is 2. The molecule has 13 heteroatoms. The van der Waals surface area contributed by atoms with E-state index in [0.29, 0.717) is 17.1 Å². The van der Waals surface area contributed by atoms with Crippen LogP contribution in [0.15, 0.2) is 79.0 Å². The standard InChI is InChI=1S/C16H12F2N3.C8H4F3N4.Ir/c1-16(17,18)15-20-19-14(12-8-4-2-5-9-12)21(15)13-10-6-3-7-11-13;9-8(10,11)7-13-6(14-15-7)5-3-1-2-4-12-5;/h2-8,10-11H,1H3;1-4H;/q2*-1;. The Balaban J connectivity index is 0.000000211. The summed E-state index contributed by atoms with van der Waals surface area (Å²) < 4.78 is 65.4. The molecule has 0 aliphatic carbocycles. The van der Waals surface area contributed by atoms with Gasteiger partial charge in [-0.05, 0) is 30.1 Å². The van der Waals surface area contributed by atoms with Crippen molar-refractivity contribution in [1.82, 2.24) is 34.9 Å². The van der Waals surface area contributed by atoms with Crippen LogP contribution in [0.5, 0.6) is 0 Å². The SMILES string of the molecule is CC(F)(F)c1nnc(-c2[c-]cccc2)n1-c1ccccc1.FC(F)(F)c1n[n-]c(-c2ccccn2)n1.[Ir]. The maximum Gasteiger partial charge on any atom is 0.429 e. The number of alkyl halides is 5. The van der Waals surface area contributed by atoms with E-state index in [0.717, 1.165) is 6.92 Å². The summed E-state index contributed by atoms with van der Waals surface area (Å²) >= 11 is 0. The Bertz CT molecular complexity index is 1400. The first-order chi connectivity index (χ1) is 17.1. The second-order valence-corrected chi connectivity index (χ2v) is 7.35. The van der Waals surface area contributed by atoms with E-state index in [1.165, 1.54) is 16.8 Å². The molecular formula is C24H16F5IrN7-2. The summed E-state index contributed by atoms with van der Waals surface area (Å²) in [6.45, 7) is 0.814. The Morgan fingerprint density at radius 2 is 1.57 bits per heavy atom. The molecule has 7 nitrogen and oxygen atoms in total. The van der Waals surface area contributed by atoms with Crippen LogP contribution in [0.25, 0.3) is 28.6 Å². The maximum absolute atomic E-state index is 13.8. The first-order valence-corrected chi connectivity index (χ1v) is 10.4. The van der Waals surface area contributed by atoms with Crippen molar-refractivity contribution in [2.24, 2.45) is 0 Å². The monoisotopic (exact) mass is 690 g/mol. The van der Waals surface area contributed by atoms with Crippen molar-refractivity contribution in [3.05, 3.63) is 96.7 Å². The van der Waals surface area contributed by atoms with Gasteiger partial charge in [0.15, 0.2) is 5.82 Å². The van der Waals surface area contributed by atoms with Crippen LogP contribution in [0.1, 0.15) is 18.6 Å². The molecule has 0 fully saturated rings. The fourth-order valence-electron chi connectivity index (χ4n) is 3.06. The van der Waals surface area contributed by atoms with Gasteiger partial charge in [-0.2, -0.15) is 27.1 Å². The van der Waals surface area contributed by atoms with Crippen LogP contribution in [0, 0.1) is 6.07 Å². The average Bonchev–Trinajstić information content (AvgIpc) is 3.54. The Hall–Kier alpha value is -3.83. The summed E-state index contributed by atoms with van der Waals surface area (Å²) in [6.07, 6.45) is -3.13. The van der Waals surface area contributed by atoms with Gasteiger partial charge in [0.25, 0.3) is 0 Å². The molecule has 3 heterocycles. The van der Waals surface area contributed by atoms with Gasteiger partial charge in [-0.3, -0.25) is 10.1 Å². The van der Waals surface area contributed by atoms with Gasteiger partial charge in [0.2, 0.25) is 0 Å². The molecule has 0 N–H and O–H groups in total. The molecule has 0 saturated carbocycles. The van der Waals surface area contributed by atoms with Crippen molar-refractivity contribution in [3.63, 3.8) is 0 Å². The molecule has 0 saturated heterocycles. The van der Waals surface area contributed by atoms with Crippen LogP contribution in [0.2, 0.25) is 0 Å². The van der Waals surface area contributed by atoms with E-state index in [2.05, 4.69) is 36.4 Å². The van der Waals surface area contributed by atoms with Gasteiger partial charge < -0.3 is 14.6 Å². The van der Waals surface area contributed by atoms with E-state index in [1.807, 2.05) is 12.1 Å². The van der Waals surface area contributed by atoms with E-state index < -0.39 is 17.9 Å². The summed E-state index contributed by atoms with van der Waals surface area (Å²) in [5.74, 6) is -4.50. The molecule has 3 aromatic heterocycles. The molecule has 193 valence electrons. The molecule has 0 atom stereocenters. The van der Waals surface area contributed by atoms with E-state index in [-0.39, 0.29) is 37.4 Å². The Kier molecular flexibility index (Phi) is 8.61. The normalized spacial score (nSPS) is 11.3. The molecule has 0 unspecified atom stereocenters. The van der Waals surface area contributed by atoms with Gasteiger partial charge in [0, 0.05) is 38.9 Å². The molecule has 0 aliphatic rings. The van der Waals surface area contributed by atoms with Crippen molar-refractivity contribution in [1.29, 1.82) is 0 Å². The van der Waals surface area contributed by atoms with Crippen LogP contribution < -0.4 is 5.10 Å². The molecule has 0 amide bonds. The third-order valence-corrected chi connectivity index (χ3v) is 4.62. The van der Waals surface area contributed by atoms with Crippen molar-refractivity contribution in [2.75, 3.05) is 0 Å². The van der Waals surface area contributed by atoms with Crippen molar-refractivity contribution in [3.8, 4) is 28.6 Å². The van der Waals surface area contributed by atoms with Crippen LogP contribution in [0.3, 0.4) is 0 Å². The molecule has 5 aromatic rings. The zero-order valence-electron chi connectivity index (χ0n) is 18.9. The summed E-state index contributed by atoms with van der Waals surface area (Å²) in [5, 5.41) is 13.9. The number of hydrogen-bond donors (Lipinski definition) is 0.